The fourth-order valence-corrected chi connectivity index (χ4v) is 2.92. The maximum atomic E-state index is 12.4. The van der Waals surface area contributed by atoms with Crippen LogP contribution in [0.15, 0.2) is 67.3 Å². The predicted molar refractivity (Wildman–Crippen MR) is 103 cm³/mol. The van der Waals surface area contributed by atoms with Gasteiger partial charge in [0.2, 0.25) is 0 Å². The van der Waals surface area contributed by atoms with Crippen molar-refractivity contribution in [3.63, 3.8) is 0 Å². The Morgan fingerprint density at radius 1 is 1.04 bits per heavy atom. The maximum absolute atomic E-state index is 12.4. The number of imidazole rings is 1. The maximum Gasteiger partial charge on any atom is 0.256 e. The van der Waals surface area contributed by atoms with E-state index < -0.39 is 0 Å². The fourth-order valence-electron chi connectivity index (χ4n) is 2.79. The number of aryl methyl sites for hydroxylation is 1. The Bertz CT molecular complexity index is 1100. The molecule has 0 saturated carbocycles. The van der Waals surface area contributed by atoms with Crippen molar-refractivity contribution in [3.8, 4) is 11.3 Å². The van der Waals surface area contributed by atoms with Crippen molar-refractivity contribution < 1.29 is 4.79 Å². The number of aromatic nitrogens is 3. The number of hydrogen-bond donors (Lipinski definition) is 1. The first-order valence-corrected chi connectivity index (χ1v) is 8.41. The van der Waals surface area contributed by atoms with E-state index in [0.29, 0.717) is 16.4 Å². The van der Waals surface area contributed by atoms with E-state index in [1.54, 1.807) is 36.8 Å². The summed E-state index contributed by atoms with van der Waals surface area (Å²) >= 11 is 5.86. The van der Waals surface area contributed by atoms with Crippen LogP contribution in [0.3, 0.4) is 0 Å². The number of anilines is 1. The Labute approximate surface area is 155 Å². The van der Waals surface area contributed by atoms with Crippen LogP contribution in [-0.2, 0) is 7.05 Å². The van der Waals surface area contributed by atoms with E-state index >= 15 is 0 Å². The van der Waals surface area contributed by atoms with Gasteiger partial charge in [-0.25, -0.2) is 9.97 Å². The van der Waals surface area contributed by atoms with Crippen LogP contribution in [0.2, 0.25) is 5.02 Å². The van der Waals surface area contributed by atoms with E-state index in [2.05, 4.69) is 21.4 Å². The average molecular weight is 363 g/mol. The lowest BCUT2D eigenvalue weighted by molar-refractivity contribution is 0.102. The van der Waals surface area contributed by atoms with Gasteiger partial charge in [0.05, 0.1) is 18.2 Å². The Hall–Kier alpha value is -3.18. The SMILES string of the molecule is Cn1cncc1-c1ccc2cnc(NC(=O)c3ccc(Cl)cc3)cc2c1. The van der Waals surface area contributed by atoms with Gasteiger partial charge < -0.3 is 9.88 Å². The van der Waals surface area contributed by atoms with Gasteiger partial charge in [0.15, 0.2) is 0 Å². The molecule has 0 atom stereocenters. The highest BCUT2D eigenvalue weighted by atomic mass is 35.5. The molecular weight excluding hydrogens is 348 g/mol. The second kappa shape index (κ2) is 6.61. The molecule has 0 saturated heterocycles. The van der Waals surface area contributed by atoms with E-state index in [4.69, 9.17) is 11.6 Å². The summed E-state index contributed by atoms with van der Waals surface area (Å²) in [5, 5.41) is 5.41. The number of nitrogens with zero attached hydrogens (tertiary/aromatic N) is 3. The Kier molecular flexibility index (Phi) is 4.14. The Morgan fingerprint density at radius 2 is 1.85 bits per heavy atom. The molecule has 4 rings (SSSR count). The summed E-state index contributed by atoms with van der Waals surface area (Å²) in [6, 6.07) is 14.7. The van der Waals surface area contributed by atoms with Gasteiger partial charge in [0, 0.05) is 34.8 Å². The number of carbonyl (C=O) groups excluding carboxylic acids is 1. The average Bonchev–Trinajstić information content (AvgIpc) is 3.07. The molecule has 0 spiro atoms. The first kappa shape index (κ1) is 16.3. The molecule has 1 N–H and O–H groups in total. The first-order chi connectivity index (χ1) is 12.6. The van der Waals surface area contributed by atoms with Crippen molar-refractivity contribution in [2.45, 2.75) is 0 Å². The molecule has 0 fully saturated rings. The number of fused-ring (bicyclic) bond motifs is 1. The van der Waals surface area contributed by atoms with Gasteiger partial charge in [-0.05, 0) is 41.8 Å². The largest absolute Gasteiger partial charge is 0.334 e. The molecule has 26 heavy (non-hydrogen) atoms. The van der Waals surface area contributed by atoms with E-state index in [1.807, 2.05) is 36.0 Å². The number of carbonyl (C=O) groups is 1. The predicted octanol–water partition coefficient (Wildman–Crippen LogP) is 4.54. The molecule has 0 aliphatic heterocycles. The highest BCUT2D eigenvalue weighted by molar-refractivity contribution is 6.30. The van der Waals surface area contributed by atoms with Gasteiger partial charge >= 0.3 is 0 Å². The zero-order valence-corrected chi connectivity index (χ0v) is 14.7. The summed E-state index contributed by atoms with van der Waals surface area (Å²) in [6.07, 6.45) is 5.34. The zero-order chi connectivity index (χ0) is 18.1. The number of benzene rings is 2. The van der Waals surface area contributed by atoms with Crippen LogP contribution in [0.5, 0.6) is 0 Å². The molecule has 0 unspecified atom stereocenters. The molecule has 2 heterocycles. The van der Waals surface area contributed by atoms with Crippen LogP contribution < -0.4 is 5.32 Å². The summed E-state index contributed by atoms with van der Waals surface area (Å²) in [7, 11) is 1.96. The monoisotopic (exact) mass is 362 g/mol. The molecule has 0 radical (unpaired) electrons. The van der Waals surface area contributed by atoms with Gasteiger partial charge in [-0.15, -0.1) is 0 Å². The van der Waals surface area contributed by atoms with Crippen molar-refractivity contribution >= 4 is 34.1 Å². The minimum atomic E-state index is -0.226. The van der Waals surface area contributed by atoms with E-state index in [-0.39, 0.29) is 5.91 Å². The summed E-state index contributed by atoms with van der Waals surface area (Å²) in [5.41, 5.74) is 2.61. The number of halogens is 1. The van der Waals surface area contributed by atoms with E-state index in [9.17, 15) is 4.79 Å². The number of hydrogen-bond acceptors (Lipinski definition) is 3. The van der Waals surface area contributed by atoms with Crippen LogP contribution in [0.4, 0.5) is 5.82 Å². The number of pyridine rings is 1. The van der Waals surface area contributed by atoms with Gasteiger partial charge in [-0.2, -0.15) is 0 Å². The molecule has 2 aromatic carbocycles. The Morgan fingerprint density at radius 3 is 2.58 bits per heavy atom. The van der Waals surface area contributed by atoms with E-state index in [0.717, 1.165) is 22.0 Å². The third-order valence-electron chi connectivity index (χ3n) is 4.18. The fraction of sp³-hybridized carbons (Fsp3) is 0.0500. The molecule has 1 amide bonds. The number of rotatable bonds is 3. The van der Waals surface area contributed by atoms with E-state index in [1.165, 1.54) is 0 Å². The summed E-state index contributed by atoms with van der Waals surface area (Å²) < 4.78 is 1.96. The highest BCUT2D eigenvalue weighted by Gasteiger charge is 2.09. The number of nitrogens with one attached hydrogen (secondary N) is 1. The first-order valence-electron chi connectivity index (χ1n) is 8.03. The third-order valence-corrected chi connectivity index (χ3v) is 4.43. The molecule has 0 aliphatic rings. The van der Waals surface area contributed by atoms with Gasteiger partial charge in [-0.3, -0.25) is 4.79 Å². The van der Waals surface area contributed by atoms with Crippen molar-refractivity contribution in [2.24, 2.45) is 7.05 Å². The van der Waals surface area contributed by atoms with Crippen molar-refractivity contribution in [3.05, 3.63) is 77.8 Å². The van der Waals surface area contributed by atoms with Crippen LogP contribution in [-0.4, -0.2) is 20.4 Å². The zero-order valence-electron chi connectivity index (χ0n) is 14.0. The summed E-state index contributed by atoms with van der Waals surface area (Å²) in [5.74, 6) is 0.274. The van der Waals surface area contributed by atoms with Crippen LogP contribution >= 0.6 is 11.6 Å². The second-order valence-corrected chi connectivity index (χ2v) is 6.42. The van der Waals surface area contributed by atoms with Crippen molar-refractivity contribution in [1.29, 1.82) is 0 Å². The van der Waals surface area contributed by atoms with Crippen LogP contribution in [0.1, 0.15) is 10.4 Å². The summed E-state index contributed by atoms with van der Waals surface area (Å²) in [6.45, 7) is 0. The molecular formula is C20H15ClN4O. The molecule has 2 aromatic heterocycles. The molecule has 4 aromatic rings. The second-order valence-electron chi connectivity index (χ2n) is 5.98. The normalized spacial score (nSPS) is 10.8. The topological polar surface area (TPSA) is 59.8 Å². The quantitative estimate of drug-likeness (QED) is 0.582. The van der Waals surface area contributed by atoms with Crippen LogP contribution in [0, 0.1) is 0 Å². The standard InChI is InChI=1S/C20H15ClN4O/c1-25-12-22-11-18(25)14-2-3-15-10-23-19(9-16(15)8-14)24-20(26)13-4-6-17(21)7-5-13/h2-12H,1H3,(H,23,24,26). The lowest BCUT2D eigenvalue weighted by atomic mass is 10.1. The van der Waals surface area contributed by atoms with Gasteiger partial charge in [-0.1, -0.05) is 23.7 Å². The molecule has 0 aliphatic carbocycles. The number of amides is 1. The molecule has 128 valence electrons. The lowest BCUT2D eigenvalue weighted by Crippen LogP contribution is -2.12. The lowest BCUT2D eigenvalue weighted by Gasteiger charge is -2.08. The van der Waals surface area contributed by atoms with Crippen molar-refractivity contribution in [2.75, 3.05) is 5.32 Å². The third kappa shape index (κ3) is 3.17. The molecule has 0 bridgehead atoms. The highest BCUT2D eigenvalue weighted by Crippen LogP contribution is 2.25. The summed E-state index contributed by atoms with van der Waals surface area (Å²) in [4.78, 5) is 20.8. The molecule has 6 heteroatoms. The van der Waals surface area contributed by atoms with Crippen LogP contribution in [0.25, 0.3) is 22.0 Å². The minimum absolute atomic E-state index is 0.226. The minimum Gasteiger partial charge on any atom is -0.334 e. The van der Waals surface area contributed by atoms with Gasteiger partial charge in [0.25, 0.3) is 5.91 Å². The Balaban J connectivity index is 1.65. The molecule has 5 nitrogen and oxygen atoms in total. The van der Waals surface area contributed by atoms with Crippen molar-refractivity contribution in [1.82, 2.24) is 14.5 Å². The van der Waals surface area contributed by atoms with Gasteiger partial charge in [0.1, 0.15) is 5.82 Å². The smallest absolute Gasteiger partial charge is 0.256 e.